The highest BCUT2D eigenvalue weighted by Gasteiger charge is 2.42. The van der Waals surface area contributed by atoms with E-state index in [9.17, 15) is 9.59 Å². The number of aryl methyl sites for hydroxylation is 2. The van der Waals surface area contributed by atoms with Crippen molar-refractivity contribution < 1.29 is 14.0 Å². The second-order valence-corrected chi connectivity index (χ2v) is 5.29. The topological polar surface area (TPSA) is 50.5 Å². The SMILES string of the molecule is Cc1ccc(CCC(=O)N2CCC(=O)C2(C)C)o1. The number of carbonyl (C=O) groups is 2. The van der Waals surface area contributed by atoms with Gasteiger partial charge in [-0.1, -0.05) is 0 Å². The second-order valence-electron chi connectivity index (χ2n) is 5.29. The monoisotopic (exact) mass is 249 g/mol. The summed E-state index contributed by atoms with van der Waals surface area (Å²) in [6, 6.07) is 3.78. The molecule has 1 aliphatic rings. The van der Waals surface area contributed by atoms with Gasteiger partial charge in [-0.2, -0.15) is 0 Å². The van der Waals surface area contributed by atoms with Gasteiger partial charge in [-0.3, -0.25) is 9.59 Å². The Morgan fingerprint density at radius 1 is 1.44 bits per heavy atom. The fourth-order valence-corrected chi connectivity index (χ4v) is 2.37. The van der Waals surface area contributed by atoms with Gasteiger partial charge >= 0.3 is 0 Å². The number of amides is 1. The maximum absolute atomic E-state index is 12.1. The number of rotatable bonds is 3. The molecule has 0 unspecified atom stereocenters. The molecule has 0 saturated carbocycles. The molecule has 0 atom stereocenters. The second kappa shape index (κ2) is 4.59. The molecule has 1 aromatic heterocycles. The van der Waals surface area contributed by atoms with Crippen molar-refractivity contribution in [2.75, 3.05) is 6.54 Å². The van der Waals surface area contributed by atoms with Crippen LogP contribution in [-0.2, 0) is 16.0 Å². The van der Waals surface area contributed by atoms with Crippen LogP contribution >= 0.6 is 0 Å². The number of Topliss-reactive ketones (excluding diaryl/α,β-unsaturated/α-hetero) is 1. The molecule has 98 valence electrons. The van der Waals surface area contributed by atoms with Crippen LogP contribution in [0.3, 0.4) is 0 Å². The van der Waals surface area contributed by atoms with E-state index in [0.29, 0.717) is 25.8 Å². The third-order valence-electron chi connectivity index (χ3n) is 3.60. The summed E-state index contributed by atoms with van der Waals surface area (Å²) < 4.78 is 5.43. The van der Waals surface area contributed by atoms with Crippen molar-refractivity contribution >= 4 is 11.7 Å². The average molecular weight is 249 g/mol. The maximum Gasteiger partial charge on any atom is 0.223 e. The molecule has 1 saturated heterocycles. The zero-order chi connectivity index (χ0) is 13.3. The average Bonchev–Trinajstić information content (AvgIpc) is 2.82. The minimum Gasteiger partial charge on any atom is -0.466 e. The highest BCUT2D eigenvalue weighted by molar-refractivity contribution is 5.95. The van der Waals surface area contributed by atoms with Crippen molar-refractivity contribution in [1.29, 1.82) is 0 Å². The number of hydrogen-bond donors (Lipinski definition) is 0. The molecule has 0 N–H and O–H groups in total. The predicted octanol–water partition coefficient (Wildman–Crippen LogP) is 2.10. The first kappa shape index (κ1) is 12.9. The Balaban J connectivity index is 1.95. The lowest BCUT2D eigenvalue weighted by Gasteiger charge is -2.30. The van der Waals surface area contributed by atoms with E-state index in [2.05, 4.69) is 0 Å². The van der Waals surface area contributed by atoms with Crippen molar-refractivity contribution in [2.24, 2.45) is 0 Å². The summed E-state index contributed by atoms with van der Waals surface area (Å²) >= 11 is 0. The highest BCUT2D eigenvalue weighted by Crippen LogP contribution is 2.26. The van der Waals surface area contributed by atoms with Gasteiger partial charge in [0, 0.05) is 25.8 Å². The van der Waals surface area contributed by atoms with Crippen LogP contribution in [0.15, 0.2) is 16.5 Å². The van der Waals surface area contributed by atoms with Gasteiger partial charge in [-0.15, -0.1) is 0 Å². The van der Waals surface area contributed by atoms with E-state index in [1.807, 2.05) is 32.9 Å². The van der Waals surface area contributed by atoms with Crippen molar-refractivity contribution in [3.63, 3.8) is 0 Å². The van der Waals surface area contributed by atoms with Gasteiger partial charge < -0.3 is 9.32 Å². The van der Waals surface area contributed by atoms with Crippen molar-refractivity contribution in [1.82, 2.24) is 4.90 Å². The summed E-state index contributed by atoms with van der Waals surface area (Å²) in [4.78, 5) is 25.5. The summed E-state index contributed by atoms with van der Waals surface area (Å²) in [7, 11) is 0. The standard InChI is InChI=1S/C14H19NO3/c1-10-4-5-11(18-10)6-7-13(17)15-9-8-12(16)14(15,2)3/h4-5H,6-9H2,1-3H3. The van der Waals surface area contributed by atoms with Crippen molar-refractivity contribution in [3.05, 3.63) is 23.7 Å². The lowest BCUT2D eigenvalue weighted by molar-refractivity contribution is -0.138. The van der Waals surface area contributed by atoms with Crippen molar-refractivity contribution in [3.8, 4) is 0 Å². The van der Waals surface area contributed by atoms with E-state index >= 15 is 0 Å². The Hall–Kier alpha value is -1.58. The zero-order valence-corrected chi connectivity index (χ0v) is 11.2. The Bertz CT molecular complexity index is 473. The lowest BCUT2D eigenvalue weighted by atomic mass is 10.00. The Morgan fingerprint density at radius 2 is 2.17 bits per heavy atom. The molecule has 0 radical (unpaired) electrons. The lowest BCUT2D eigenvalue weighted by Crippen LogP contribution is -2.46. The normalized spacial score (nSPS) is 18.4. The summed E-state index contributed by atoms with van der Waals surface area (Å²) in [5.41, 5.74) is -0.643. The van der Waals surface area contributed by atoms with E-state index in [1.165, 1.54) is 0 Å². The van der Waals surface area contributed by atoms with Crippen molar-refractivity contribution in [2.45, 2.75) is 45.6 Å². The highest BCUT2D eigenvalue weighted by atomic mass is 16.3. The molecule has 0 spiro atoms. The molecule has 1 amide bonds. The van der Waals surface area contributed by atoms with Gasteiger partial charge in [-0.05, 0) is 32.9 Å². The van der Waals surface area contributed by atoms with Crippen LogP contribution in [0, 0.1) is 6.92 Å². The van der Waals surface area contributed by atoms with Crippen LogP contribution in [0.5, 0.6) is 0 Å². The number of likely N-dealkylation sites (tertiary alicyclic amines) is 1. The molecule has 0 aromatic carbocycles. The van der Waals surface area contributed by atoms with Gasteiger partial charge in [-0.25, -0.2) is 0 Å². The number of nitrogens with zero attached hydrogens (tertiary/aromatic N) is 1. The zero-order valence-electron chi connectivity index (χ0n) is 11.2. The molecule has 2 rings (SSSR count). The van der Waals surface area contributed by atoms with Crippen LogP contribution < -0.4 is 0 Å². The van der Waals surface area contributed by atoms with Gasteiger partial charge in [0.25, 0.3) is 0 Å². The first-order chi connectivity index (χ1) is 8.41. The Labute approximate surface area is 107 Å². The van der Waals surface area contributed by atoms with Gasteiger partial charge in [0.1, 0.15) is 11.5 Å². The fourth-order valence-electron chi connectivity index (χ4n) is 2.37. The number of furan rings is 1. The molecular weight excluding hydrogens is 230 g/mol. The first-order valence-corrected chi connectivity index (χ1v) is 6.30. The van der Waals surface area contributed by atoms with Crippen LogP contribution in [0.2, 0.25) is 0 Å². The van der Waals surface area contributed by atoms with Gasteiger partial charge in [0.2, 0.25) is 5.91 Å². The van der Waals surface area contributed by atoms with Gasteiger partial charge in [0.15, 0.2) is 5.78 Å². The first-order valence-electron chi connectivity index (χ1n) is 6.30. The minimum atomic E-state index is -0.643. The van der Waals surface area contributed by atoms with E-state index in [0.717, 1.165) is 11.5 Å². The molecule has 0 bridgehead atoms. The van der Waals surface area contributed by atoms with E-state index < -0.39 is 5.54 Å². The van der Waals surface area contributed by atoms with Crippen LogP contribution in [0.25, 0.3) is 0 Å². The van der Waals surface area contributed by atoms with Gasteiger partial charge in [0.05, 0.1) is 5.54 Å². The smallest absolute Gasteiger partial charge is 0.223 e. The quantitative estimate of drug-likeness (QED) is 0.824. The number of hydrogen-bond acceptors (Lipinski definition) is 3. The molecule has 1 fully saturated rings. The van der Waals surface area contributed by atoms with E-state index in [1.54, 1.807) is 4.90 Å². The molecule has 4 heteroatoms. The van der Waals surface area contributed by atoms with E-state index in [-0.39, 0.29) is 11.7 Å². The summed E-state index contributed by atoms with van der Waals surface area (Å²) in [6.45, 7) is 6.06. The molecule has 0 aliphatic carbocycles. The Morgan fingerprint density at radius 3 is 2.67 bits per heavy atom. The van der Waals surface area contributed by atoms with Crippen LogP contribution in [-0.4, -0.2) is 28.7 Å². The summed E-state index contributed by atoms with van der Waals surface area (Å²) in [5, 5.41) is 0. The van der Waals surface area contributed by atoms with Crippen LogP contribution in [0.4, 0.5) is 0 Å². The number of carbonyl (C=O) groups excluding carboxylic acids is 2. The van der Waals surface area contributed by atoms with E-state index in [4.69, 9.17) is 4.42 Å². The molecular formula is C14H19NO3. The summed E-state index contributed by atoms with van der Waals surface area (Å²) in [6.07, 6.45) is 1.45. The molecule has 4 nitrogen and oxygen atoms in total. The molecule has 2 heterocycles. The maximum atomic E-state index is 12.1. The largest absolute Gasteiger partial charge is 0.466 e. The fraction of sp³-hybridized carbons (Fsp3) is 0.571. The third kappa shape index (κ3) is 2.33. The van der Waals surface area contributed by atoms with Crippen LogP contribution in [0.1, 0.15) is 38.2 Å². The Kier molecular flexibility index (Phi) is 3.28. The molecule has 1 aromatic rings. The predicted molar refractivity (Wildman–Crippen MR) is 67.2 cm³/mol. The summed E-state index contributed by atoms with van der Waals surface area (Å²) in [5.74, 6) is 1.85. The minimum absolute atomic E-state index is 0.0277. The number of ketones is 1. The molecule has 1 aliphatic heterocycles. The third-order valence-corrected chi connectivity index (χ3v) is 3.60. The molecule has 18 heavy (non-hydrogen) atoms.